The summed E-state index contributed by atoms with van der Waals surface area (Å²) in [4.78, 5) is 32.1. The Balaban J connectivity index is 1.61. The van der Waals surface area contributed by atoms with E-state index in [4.69, 9.17) is 32.4 Å². The third-order valence-electron chi connectivity index (χ3n) is 5.72. The van der Waals surface area contributed by atoms with E-state index >= 15 is 0 Å². The number of fused-ring (bicyclic) bond motifs is 2. The van der Waals surface area contributed by atoms with Crippen molar-refractivity contribution in [2.24, 2.45) is 11.5 Å². The molecule has 0 aliphatic carbocycles. The first-order valence-corrected chi connectivity index (χ1v) is 12.1. The first-order chi connectivity index (χ1) is 17.7. The van der Waals surface area contributed by atoms with Gasteiger partial charge in [-0.25, -0.2) is 9.97 Å². The van der Waals surface area contributed by atoms with Crippen molar-refractivity contribution in [2.45, 2.75) is 19.5 Å². The molecule has 0 bridgehead atoms. The highest BCUT2D eigenvalue weighted by Crippen LogP contribution is 2.31. The smallest absolute Gasteiger partial charge is 0.248 e. The maximum Gasteiger partial charge on any atom is 0.248 e. The molecule has 0 spiro atoms. The van der Waals surface area contributed by atoms with Crippen LogP contribution in [0, 0.1) is 0 Å². The Morgan fingerprint density at radius 1 is 0.892 bits per heavy atom. The lowest BCUT2D eigenvalue weighted by Crippen LogP contribution is -2.12. The minimum atomic E-state index is -0.587. The Hall–Kier alpha value is -4.10. The molecular formula is C24H27BrN8O4. The number of imidazole rings is 2. The van der Waals surface area contributed by atoms with E-state index in [0.29, 0.717) is 71.0 Å². The van der Waals surface area contributed by atoms with Crippen molar-refractivity contribution in [3.63, 3.8) is 0 Å². The highest BCUT2D eigenvalue weighted by Gasteiger charge is 2.17. The van der Waals surface area contributed by atoms with Crippen LogP contribution in [0.2, 0.25) is 0 Å². The number of amides is 2. The molecule has 0 aliphatic rings. The summed E-state index contributed by atoms with van der Waals surface area (Å²) < 4.78 is 15.3. The van der Waals surface area contributed by atoms with Gasteiger partial charge in [-0.1, -0.05) is 12.2 Å². The van der Waals surface area contributed by atoms with Gasteiger partial charge in [0.05, 0.1) is 23.2 Å². The van der Waals surface area contributed by atoms with Gasteiger partial charge in [0.2, 0.25) is 23.7 Å². The number of carbonyl (C=O) groups is 2. The number of carbonyl (C=O) groups excluding carboxylic acids is 2. The molecule has 4 rings (SSSR count). The van der Waals surface area contributed by atoms with Crippen molar-refractivity contribution in [2.75, 3.05) is 31.8 Å². The molecule has 0 saturated carbocycles. The summed E-state index contributed by atoms with van der Waals surface area (Å²) in [5.74, 6) is -0.127. The quantitative estimate of drug-likeness (QED) is 0.155. The lowest BCUT2D eigenvalue weighted by molar-refractivity contribution is 0.0991. The Morgan fingerprint density at radius 2 is 1.43 bits per heavy atom. The van der Waals surface area contributed by atoms with E-state index in [1.54, 1.807) is 40.5 Å². The van der Waals surface area contributed by atoms with Gasteiger partial charge in [0, 0.05) is 48.8 Å². The molecule has 2 aromatic heterocycles. The van der Waals surface area contributed by atoms with Crippen molar-refractivity contribution >= 4 is 61.7 Å². The third-order valence-corrected chi connectivity index (χ3v) is 6.33. The number of aromatic nitrogens is 4. The predicted molar refractivity (Wildman–Crippen MR) is 144 cm³/mol. The molecule has 0 saturated heterocycles. The van der Waals surface area contributed by atoms with Crippen LogP contribution in [0.4, 0.5) is 11.9 Å². The number of nitrogens with two attached hydrogens (primary N) is 4. The van der Waals surface area contributed by atoms with Gasteiger partial charge in [-0.2, -0.15) is 0 Å². The Morgan fingerprint density at radius 3 is 2.00 bits per heavy atom. The second kappa shape index (κ2) is 10.9. The fourth-order valence-corrected chi connectivity index (χ4v) is 4.66. The summed E-state index contributed by atoms with van der Waals surface area (Å²) in [7, 11) is 1.62. The second-order valence-corrected chi connectivity index (χ2v) is 9.08. The number of nitrogen functional groups attached to an aromatic ring is 2. The highest BCUT2D eigenvalue weighted by molar-refractivity contribution is 9.10. The largest absolute Gasteiger partial charge is 0.491 e. The van der Waals surface area contributed by atoms with Crippen molar-refractivity contribution in [1.82, 2.24) is 19.1 Å². The molecule has 0 unspecified atom stereocenters. The molecule has 2 amide bonds. The van der Waals surface area contributed by atoms with Gasteiger partial charge >= 0.3 is 0 Å². The van der Waals surface area contributed by atoms with Crippen LogP contribution in [0.3, 0.4) is 0 Å². The van der Waals surface area contributed by atoms with Crippen LogP contribution in [0.1, 0.15) is 27.1 Å². The summed E-state index contributed by atoms with van der Waals surface area (Å²) in [6.45, 7) is 1.71. The number of rotatable bonds is 11. The van der Waals surface area contributed by atoms with E-state index in [1.807, 2.05) is 12.2 Å². The molecule has 0 radical (unpaired) electrons. The molecule has 0 fully saturated rings. The minimum absolute atomic E-state index is 0.261. The summed E-state index contributed by atoms with van der Waals surface area (Å²) >= 11 is 3.48. The van der Waals surface area contributed by atoms with E-state index < -0.39 is 11.8 Å². The molecule has 13 heteroatoms. The van der Waals surface area contributed by atoms with E-state index in [9.17, 15) is 9.59 Å². The average Bonchev–Trinajstić information content (AvgIpc) is 3.34. The number of primary amides is 2. The first-order valence-electron chi connectivity index (χ1n) is 11.3. The van der Waals surface area contributed by atoms with Crippen LogP contribution in [0.15, 0.2) is 40.9 Å². The van der Waals surface area contributed by atoms with E-state index in [2.05, 4.69) is 25.9 Å². The summed E-state index contributed by atoms with van der Waals surface area (Å²) in [6.07, 6.45) is 4.48. The van der Waals surface area contributed by atoms with Gasteiger partial charge < -0.3 is 41.5 Å². The molecule has 37 heavy (non-hydrogen) atoms. The van der Waals surface area contributed by atoms with Gasteiger partial charge in [-0.15, -0.1) is 0 Å². The average molecular weight is 571 g/mol. The van der Waals surface area contributed by atoms with Gasteiger partial charge in [-0.05, 0) is 40.2 Å². The molecule has 8 N–H and O–H groups in total. The zero-order valence-corrected chi connectivity index (χ0v) is 21.7. The monoisotopic (exact) mass is 570 g/mol. The van der Waals surface area contributed by atoms with E-state index in [1.165, 1.54) is 0 Å². The number of nitrogens with zero attached hydrogens (tertiary/aromatic N) is 4. The van der Waals surface area contributed by atoms with Crippen molar-refractivity contribution in [1.29, 1.82) is 0 Å². The highest BCUT2D eigenvalue weighted by atomic mass is 79.9. The maximum atomic E-state index is 11.8. The number of benzene rings is 2. The van der Waals surface area contributed by atoms with Crippen molar-refractivity contribution in [3.8, 4) is 5.75 Å². The van der Waals surface area contributed by atoms with Crippen LogP contribution in [0.5, 0.6) is 5.75 Å². The lowest BCUT2D eigenvalue weighted by Gasteiger charge is -2.11. The minimum Gasteiger partial charge on any atom is -0.491 e. The van der Waals surface area contributed by atoms with E-state index in [-0.39, 0.29) is 11.5 Å². The van der Waals surface area contributed by atoms with Crippen molar-refractivity contribution < 1.29 is 19.1 Å². The van der Waals surface area contributed by atoms with Crippen LogP contribution in [-0.2, 0) is 17.8 Å². The number of ether oxygens (including phenoxy) is 2. The number of halogens is 1. The number of allylic oxidation sites excluding steroid dienone is 2. The van der Waals surface area contributed by atoms with Gasteiger partial charge in [0.15, 0.2) is 0 Å². The number of methoxy groups -OCH3 is 1. The summed E-state index contributed by atoms with van der Waals surface area (Å²) in [6, 6.07) is 6.42. The summed E-state index contributed by atoms with van der Waals surface area (Å²) in [5.41, 5.74) is 26.3. The Bertz CT molecular complexity index is 1520. The van der Waals surface area contributed by atoms with Gasteiger partial charge in [-0.3, -0.25) is 9.59 Å². The van der Waals surface area contributed by atoms with Crippen LogP contribution < -0.4 is 27.7 Å². The van der Waals surface area contributed by atoms with Crippen LogP contribution in [-0.4, -0.2) is 51.2 Å². The van der Waals surface area contributed by atoms with Crippen LogP contribution >= 0.6 is 15.9 Å². The maximum absolute atomic E-state index is 11.8. The molecular weight excluding hydrogens is 544 g/mol. The number of anilines is 2. The SMILES string of the molecule is COCCCOc1cc(C(N)=O)cc2nc(N)n(C/C=C/Cn3c(N)nc4cc(C(N)=O)cc(Br)c43)c12. The molecule has 2 aromatic carbocycles. The number of hydrogen-bond donors (Lipinski definition) is 4. The summed E-state index contributed by atoms with van der Waals surface area (Å²) in [5, 5.41) is 0. The fourth-order valence-electron chi connectivity index (χ4n) is 3.99. The van der Waals surface area contributed by atoms with Crippen molar-refractivity contribution in [3.05, 3.63) is 52.0 Å². The first kappa shape index (κ1) is 26.0. The fraction of sp³-hybridized carbons (Fsp3) is 0.250. The third kappa shape index (κ3) is 5.37. The predicted octanol–water partition coefficient (Wildman–Crippen LogP) is 2.18. The Kier molecular flexibility index (Phi) is 7.64. The number of hydrogen-bond acceptors (Lipinski definition) is 8. The topological polar surface area (TPSA) is 192 Å². The van der Waals surface area contributed by atoms with Gasteiger partial charge in [0.25, 0.3) is 0 Å². The normalized spacial score (nSPS) is 11.6. The molecule has 0 aliphatic heterocycles. The molecule has 194 valence electrons. The lowest BCUT2D eigenvalue weighted by atomic mass is 10.1. The molecule has 4 aromatic rings. The zero-order valence-electron chi connectivity index (χ0n) is 20.1. The van der Waals surface area contributed by atoms with E-state index in [0.717, 1.165) is 5.52 Å². The zero-order chi connectivity index (χ0) is 26.7. The van der Waals surface area contributed by atoms with Crippen LogP contribution in [0.25, 0.3) is 22.1 Å². The molecule has 12 nitrogen and oxygen atoms in total. The second-order valence-electron chi connectivity index (χ2n) is 8.22. The standard InChI is InChI=1S/C24H27BrN8O4/c1-36-7-4-8-37-18-12-14(22(27)35)11-17-20(18)33(24(29)31-17)6-3-2-5-32-19-15(25)9-13(21(26)34)10-16(19)30-23(32)28/h2-3,9-12H,4-8H2,1H3,(H2,26,34)(H2,27,35)(H2,28,30)(H2,29,31)/b3-2+. The molecule has 2 heterocycles. The molecule has 0 atom stereocenters. The van der Waals surface area contributed by atoms with Gasteiger partial charge in [0.1, 0.15) is 11.3 Å². The Labute approximate surface area is 220 Å².